The third-order valence-electron chi connectivity index (χ3n) is 4.86. The van der Waals surface area contributed by atoms with Gasteiger partial charge in [0.25, 0.3) is 0 Å². The molecular weight excluding hydrogens is 388 g/mol. The molecule has 3 aromatic rings. The zero-order valence-electron chi connectivity index (χ0n) is 15.5. The highest BCUT2D eigenvalue weighted by Gasteiger charge is 2.32. The fourth-order valence-electron chi connectivity index (χ4n) is 3.60. The van der Waals surface area contributed by atoms with Gasteiger partial charge in [-0.2, -0.15) is 0 Å². The van der Waals surface area contributed by atoms with E-state index >= 15 is 0 Å². The SMILES string of the molecule is NC(=O)[C@@H]1CCCN1c1cc(N=C(N)N)ccc1C(=O)c1nc2ccccc2s1. The Bertz CT molecular complexity index is 1100. The van der Waals surface area contributed by atoms with Gasteiger partial charge in [0.15, 0.2) is 11.0 Å². The number of nitrogens with zero attached hydrogens (tertiary/aromatic N) is 3. The molecule has 0 spiro atoms. The highest BCUT2D eigenvalue weighted by molar-refractivity contribution is 7.20. The first-order valence-corrected chi connectivity index (χ1v) is 9.95. The van der Waals surface area contributed by atoms with E-state index in [9.17, 15) is 9.59 Å². The van der Waals surface area contributed by atoms with Gasteiger partial charge in [-0.05, 0) is 43.2 Å². The van der Waals surface area contributed by atoms with Crippen LogP contribution in [-0.4, -0.2) is 35.2 Å². The maximum atomic E-state index is 13.3. The Hall–Kier alpha value is -3.46. The minimum Gasteiger partial charge on any atom is -0.370 e. The van der Waals surface area contributed by atoms with Crippen molar-refractivity contribution in [2.75, 3.05) is 11.4 Å². The van der Waals surface area contributed by atoms with E-state index in [-0.39, 0.29) is 11.7 Å². The van der Waals surface area contributed by atoms with Crippen molar-refractivity contribution in [3.63, 3.8) is 0 Å². The summed E-state index contributed by atoms with van der Waals surface area (Å²) in [6.45, 7) is 0.610. The Labute approximate surface area is 171 Å². The molecule has 0 radical (unpaired) electrons. The van der Waals surface area contributed by atoms with Gasteiger partial charge in [-0.25, -0.2) is 9.98 Å². The number of benzene rings is 2. The van der Waals surface area contributed by atoms with Gasteiger partial charge < -0.3 is 22.1 Å². The molecule has 1 amide bonds. The Morgan fingerprint density at radius 1 is 1.14 bits per heavy atom. The van der Waals surface area contributed by atoms with E-state index in [1.807, 2.05) is 29.2 Å². The molecule has 6 N–H and O–H groups in total. The smallest absolute Gasteiger partial charge is 0.240 e. The lowest BCUT2D eigenvalue weighted by Crippen LogP contribution is -2.41. The van der Waals surface area contributed by atoms with E-state index in [0.717, 1.165) is 16.6 Å². The summed E-state index contributed by atoms with van der Waals surface area (Å²) in [6.07, 6.45) is 1.44. The summed E-state index contributed by atoms with van der Waals surface area (Å²) >= 11 is 1.34. The number of nitrogens with two attached hydrogens (primary N) is 3. The fourth-order valence-corrected chi connectivity index (χ4v) is 4.52. The van der Waals surface area contributed by atoms with E-state index in [1.54, 1.807) is 18.2 Å². The number of fused-ring (bicyclic) bond motifs is 1. The van der Waals surface area contributed by atoms with Crippen LogP contribution in [0, 0.1) is 0 Å². The number of primary amides is 1. The summed E-state index contributed by atoms with van der Waals surface area (Å²) < 4.78 is 0.936. The van der Waals surface area contributed by atoms with Crippen LogP contribution in [-0.2, 0) is 4.79 Å². The predicted molar refractivity (Wildman–Crippen MR) is 115 cm³/mol. The molecule has 9 heteroatoms. The number of hydrogen-bond acceptors (Lipinski definition) is 6. The number of carbonyl (C=O) groups is 2. The van der Waals surface area contributed by atoms with Gasteiger partial charge in [0.05, 0.1) is 21.6 Å². The van der Waals surface area contributed by atoms with E-state index in [1.165, 1.54) is 11.3 Å². The van der Waals surface area contributed by atoms with Crippen LogP contribution < -0.4 is 22.1 Å². The molecule has 1 saturated heterocycles. The minimum absolute atomic E-state index is 0.0888. The lowest BCUT2D eigenvalue weighted by Gasteiger charge is -2.26. The second-order valence-electron chi connectivity index (χ2n) is 6.81. The molecule has 2 heterocycles. The molecule has 0 aliphatic carbocycles. The van der Waals surface area contributed by atoms with Crippen molar-refractivity contribution >= 4 is 50.6 Å². The molecule has 1 fully saturated rings. The van der Waals surface area contributed by atoms with Crippen LogP contribution in [0.15, 0.2) is 47.5 Å². The molecule has 0 bridgehead atoms. The largest absolute Gasteiger partial charge is 0.370 e. The van der Waals surface area contributed by atoms with E-state index in [0.29, 0.717) is 34.9 Å². The van der Waals surface area contributed by atoms with Crippen LogP contribution in [0.25, 0.3) is 10.2 Å². The van der Waals surface area contributed by atoms with Gasteiger partial charge in [-0.1, -0.05) is 12.1 Å². The lowest BCUT2D eigenvalue weighted by atomic mass is 10.1. The van der Waals surface area contributed by atoms with Gasteiger partial charge >= 0.3 is 0 Å². The molecule has 8 nitrogen and oxygen atoms in total. The molecule has 148 valence electrons. The molecule has 1 atom stereocenters. The highest BCUT2D eigenvalue weighted by Crippen LogP contribution is 2.34. The van der Waals surface area contributed by atoms with Crippen LogP contribution in [0.1, 0.15) is 28.2 Å². The van der Waals surface area contributed by atoms with Crippen LogP contribution in [0.2, 0.25) is 0 Å². The summed E-state index contributed by atoms with van der Waals surface area (Å²) in [5.41, 5.74) is 18.9. The summed E-state index contributed by atoms with van der Waals surface area (Å²) in [5.74, 6) is -0.727. The van der Waals surface area contributed by atoms with E-state index < -0.39 is 11.9 Å². The topological polar surface area (TPSA) is 141 Å². The number of amides is 1. The Balaban J connectivity index is 1.82. The zero-order valence-corrected chi connectivity index (χ0v) is 16.4. The molecule has 1 aromatic heterocycles. The fraction of sp³-hybridized carbons (Fsp3) is 0.200. The number of ketones is 1. The first-order valence-electron chi connectivity index (χ1n) is 9.14. The van der Waals surface area contributed by atoms with Crippen molar-refractivity contribution in [2.24, 2.45) is 22.2 Å². The molecule has 29 heavy (non-hydrogen) atoms. The highest BCUT2D eigenvalue weighted by atomic mass is 32.1. The third-order valence-corrected chi connectivity index (χ3v) is 5.90. The van der Waals surface area contributed by atoms with Gasteiger partial charge in [0.1, 0.15) is 6.04 Å². The van der Waals surface area contributed by atoms with Gasteiger partial charge in [0, 0.05) is 12.1 Å². The normalized spacial score (nSPS) is 16.1. The number of aromatic nitrogens is 1. The lowest BCUT2D eigenvalue weighted by molar-refractivity contribution is -0.119. The molecule has 0 unspecified atom stereocenters. The third kappa shape index (κ3) is 3.64. The summed E-state index contributed by atoms with van der Waals surface area (Å²) in [7, 11) is 0. The molecule has 1 aliphatic rings. The van der Waals surface area contributed by atoms with Crippen LogP contribution >= 0.6 is 11.3 Å². The maximum absolute atomic E-state index is 13.3. The number of aliphatic imine (C=N–C) groups is 1. The number of hydrogen-bond donors (Lipinski definition) is 3. The molecule has 4 rings (SSSR count). The minimum atomic E-state index is -0.480. The average Bonchev–Trinajstić information content (AvgIpc) is 3.34. The monoisotopic (exact) mass is 408 g/mol. The maximum Gasteiger partial charge on any atom is 0.240 e. The van der Waals surface area contributed by atoms with Crippen molar-refractivity contribution in [1.82, 2.24) is 4.98 Å². The predicted octanol–water partition coefficient (Wildman–Crippen LogP) is 1.89. The van der Waals surface area contributed by atoms with E-state index in [2.05, 4.69) is 9.98 Å². The van der Waals surface area contributed by atoms with Gasteiger partial charge in [-0.3, -0.25) is 9.59 Å². The first kappa shape index (κ1) is 18.9. The molecular formula is C20H20N6O2S. The number of guanidine groups is 1. The quantitative estimate of drug-likeness (QED) is 0.334. The number of para-hydroxylation sites is 1. The second kappa shape index (κ2) is 7.51. The number of carbonyl (C=O) groups excluding carboxylic acids is 2. The molecule has 1 aliphatic heterocycles. The molecule has 0 saturated carbocycles. The summed E-state index contributed by atoms with van der Waals surface area (Å²) in [5, 5.41) is 0.386. The van der Waals surface area contributed by atoms with E-state index in [4.69, 9.17) is 17.2 Å². The second-order valence-corrected chi connectivity index (χ2v) is 7.84. The summed E-state index contributed by atoms with van der Waals surface area (Å²) in [6, 6.07) is 12.2. The van der Waals surface area contributed by atoms with Crippen molar-refractivity contribution in [3.8, 4) is 0 Å². The van der Waals surface area contributed by atoms with Crippen LogP contribution in [0.3, 0.4) is 0 Å². The van der Waals surface area contributed by atoms with Crippen molar-refractivity contribution in [2.45, 2.75) is 18.9 Å². The van der Waals surface area contributed by atoms with Crippen molar-refractivity contribution in [3.05, 3.63) is 53.0 Å². The van der Waals surface area contributed by atoms with Crippen LogP contribution in [0.4, 0.5) is 11.4 Å². The zero-order chi connectivity index (χ0) is 20.5. The Kier molecular flexibility index (Phi) is 4.89. The number of thiazole rings is 1. The standard InChI is InChI=1S/C20H20N6O2S/c21-18(28)14-5-3-9-26(14)15-10-11(24-20(22)23)7-8-12(15)17(27)19-25-13-4-1-2-6-16(13)29-19/h1-2,4,6-8,10,14H,3,5,9H2,(H2,21,28)(H4,22,23,24)/t14-/m0/s1. The van der Waals surface area contributed by atoms with Crippen molar-refractivity contribution in [1.29, 1.82) is 0 Å². The van der Waals surface area contributed by atoms with Gasteiger partial charge in [-0.15, -0.1) is 11.3 Å². The Morgan fingerprint density at radius 2 is 1.93 bits per heavy atom. The number of rotatable bonds is 5. The molecule has 2 aromatic carbocycles. The van der Waals surface area contributed by atoms with Crippen LogP contribution in [0.5, 0.6) is 0 Å². The summed E-state index contributed by atoms with van der Waals surface area (Å²) in [4.78, 5) is 35.7. The average molecular weight is 408 g/mol. The first-order chi connectivity index (χ1) is 13.9. The van der Waals surface area contributed by atoms with Gasteiger partial charge in [0.2, 0.25) is 11.7 Å². The Morgan fingerprint density at radius 3 is 2.66 bits per heavy atom. The van der Waals surface area contributed by atoms with Crippen molar-refractivity contribution < 1.29 is 9.59 Å². The number of anilines is 1.